The molecule has 0 fully saturated rings. The molecule has 3 aromatic carbocycles. The monoisotopic (exact) mass is 314 g/mol. The van der Waals surface area contributed by atoms with Crippen molar-refractivity contribution >= 4 is 11.0 Å². The molecule has 118 valence electrons. The van der Waals surface area contributed by atoms with Gasteiger partial charge in [0.25, 0.3) is 0 Å². The standard InChI is InChI=1S/C22H18O2/c1-15(23)18-13-8-14-19-20(16-9-4-2-5-10-16)21(24-22(18)19)17-11-6-3-7-12-17/h2-15,23H,1H3. The second kappa shape index (κ2) is 5.99. The van der Waals surface area contributed by atoms with Crippen molar-refractivity contribution in [3.8, 4) is 22.5 Å². The first kappa shape index (κ1) is 14.7. The molecule has 0 aliphatic heterocycles. The van der Waals surface area contributed by atoms with Crippen LogP contribution in [-0.4, -0.2) is 5.11 Å². The summed E-state index contributed by atoms with van der Waals surface area (Å²) >= 11 is 0. The van der Waals surface area contributed by atoms with E-state index < -0.39 is 6.10 Å². The Labute approximate surface area is 141 Å². The Bertz CT molecular complexity index is 967. The number of aliphatic hydroxyl groups excluding tert-OH is 1. The molecule has 2 nitrogen and oxygen atoms in total. The summed E-state index contributed by atoms with van der Waals surface area (Å²) in [6, 6.07) is 26.3. The summed E-state index contributed by atoms with van der Waals surface area (Å²) in [5.74, 6) is 0.838. The van der Waals surface area contributed by atoms with E-state index >= 15 is 0 Å². The van der Waals surface area contributed by atoms with E-state index in [2.05, 4.69) is 18.2 Å². The van der Waals surface area contributed by atoms with Crippen LogP contribution in [0.2, 0.25) is 0 Å². The smallest absolute Gasteiger partial charge is 0.143 e. The van der Waals surface area contributed by atoms with Crippen LogP contribution in [0.1, 0.15) is 18.6 Å². The minimum absolute atomic E-state index is 0.577. The minimum Gasteiger partial charge on any atom is -0.455 e. The Kier molecular flexibility index (Phi) is 3.68. The fourth-order valence-corrected chi connectivity index (χ4v) is 3.15. The molecule has 2 heteroatoms. The Hall–Kier alpha value is -2.84. The summed E-state index contributed by atoms with van der Waals surface area (Å²) in [6.07, 6.45) is -0.577. The van der Waals surface area contributed by atoms with Gasteiger partial charge in [-0.1, -0.05) is 78.9 Å². The van der Waals surface area contributed by atoms with Crippen molar-refractivity contribution in [3.63, 3.8) is 0 Å². The van der Waals surface area contributed by atoms with Crippen LogP contribution in [0, 0.1) is 0 Å². The molecule has 4 aromatic rings. The van der Waals surface area contributed by atoms with E-state index in [9.17, 15) is 5.11 Å². The molecular formula is C22H18O2. The van der Waals surface area contributed by atoms with Gasteiger partial charge in [-0.05, 0) is 12.5 Å². The zero-order valence-electron chi connectivity index (χ0n) is 13.4. The molecule has 0 spiro atoms. The molecule has 0 amide bonds. The predicted octanol–water partition coefficient (Wildman–Crippen LogP) is 5.82. The third-order valence-electron chi connectivity index (χ3n) is 4.29. The summed E-state index contributed by atoms with van der Waals surface area (Å²) in [5, 5.41) is 11.1. The Morgan fingerprint density at radius 2 is 1.38 bits per heavy atom. The highest BCUT2D eigenvalue weighted by atomic mass is 16.3. The van der Waals surface area contributed by atoms with E-state index in [-0.39, 0.29) is 0 Å². The minimum atomic E-state index is -0.577. The molecule has 0 saturated heterocycles. The van der Waals surface area contributed by atoms with Crippen molar-refractivity contribution in [1.82, 2.24) is 0 Å². The summed E-state index contributed by atoms with van der Waals surface area (Å²) in [5.41, 5.74) is 4.78. The lowest BCUT2D eigenvalue weighted by molar-refractivity contribution is 0.199. The van der Waals surface area contributed by atoms with Crippen molar-refractivity contribution in [2.45, 2.75) is 13.0 Å². The maximum atomic E-state index is 10.1. The van der Waals surface area contributed by atoms with Crippen molar-refractivity contribution < 1.29 is 9.52 Å². The van der Waals surface area contributed by atoms with Crippen LogP contribution in [0.25, 0.3) is 33.4 Å². The molecule has 1 heterocycles. The number of hydrogen-bond acceptors (Lipinski definition) is 2. The quantitative estimate of drug-likeness (QED) is 0.517. The molecule has 0 bridgehead atoms. The molecule has 4 rings (SSSR count). The zero-order chi connectivity index (χ0) is 16.5. The van der Waals surface area contributed by atoms with Crippen LogP contribution in [0.5, 0.6) is 0 Å². The highest BCUT2D eigenvalue weighted by Crippen LogP contribution is 2.42. The van der Waals surface area contributed by atoms with E-state index in [1.54, 1.807) is 6.92 Å². The van der Waals surface area contributed by atoms with Gasteiger partial charge in [0.05, 0.1) is 6.10 Å². The number of hydrogen-bond donors (Lipinski definition) is 1. The molecule has 0 radical (unpaired) electrons. The van der Waals surface area contributed by atoms with Crippen LogP contribution >= 0.6 is 0 Å². The van der Waals surface area contributed by atoms with Gasteiger partial charge in [0.2, 0.25) is 0 Å². The fraction of sp³-hybridized carbons (Fsp3) is 0.0909. The van der Waals surface area contributed by atoms with Gasteiger partial charge in [-0.25, -0.2) is 0 Å². The zero-order valence-corrected chi connectivity index (χ0v) is 13.4. The molecule has 1 N–H and O–H groups in total. The largest absolute Gasteiger partial charge is 0.455 e. The third kappa shape index (κ3) is 2.41. The number of benzene rings is 3. The molecule has 1 unspecified atom stereocenters. The lowest BCUT2D eigenvalue weighted by atomic mass is 9.97. The van der Waals surface area contributed by atoms with Crippen LogP contribution in [0.3, 0.4) is 0 Å². The summed E-state index contributed by atoms with van der Waals surface area (Å²) in [6.45, 7) is 1.77. The number of fused-ring (bicyclic) bond motifs is 1. The summed E-state index contributed by atoms with van der Waals surface area (Å²) < 4.78 is 6.27. The SMILES string of the molecule is CC(O)c1cccc2c(-c3ccccc3)c(-c3ccccc3)oc12. The maximum absolute atomic E-state index is 10.1. The molecular weight excluding hydrogens is 296 g/mol. The van der Waals surface area contributed by atoms with E-state index in [0.29, 0.717) is 0 Å². The van der Waals surface area contributed by atoms with Crippen LogP contribution in [-0.2, 0) is 0 Å². The highest BCUT2D eigenvalue weighted by molar-refractivity contribution is 6.02. The van der Waals surface area contributed by atoms with Gasteiger partial charge in [0.15, 0.2) is 0 Å². The van der Waals surface area contributed by atoms with Crippen molar-refractivity contribution in [2.75, 3.05) is 0 Å². The van der Waals surface area contributed by atoms with Crippen LogP contribution in [0.4, 0.5) is 0 Å². The Balaban J connectivity index is 2.09. The van der Waals surface area contributed by atoms with E-state index in [4.69, 9.17) is 4.42 Å². The first-order valence-corrected chi connectivity index (χ1v) is 8.10. The van der Waals surface area contributed by atoms with Gasteiger partial charge in [-0.3, -0.25) is 0 Å². The molecule has 0 aliphatic rings. The molecule has 0 saturated carbocycles. The Morgan fingerprint density at radius 1 is 0.750 bits per heavy atom. The molecule has 24 heavy (non-hydrogen) atoms. The maximum Gasteiger partial charge on any atom is 0.143 e. The second-order valence-electron chi connectivity index (χ2n) is 5.94. The fourth-order valence-electron chi connectivity index (χ4n) is 3.15. The lowest BCUT2D eigenvalue weighted by Gasteiger charge is -2.05. The van der Waals surface area contributed by atoms with E-state index in [0.717, 1.165) is 39.0 Å². The first-order chi connectivity index (χ1) is 11.8. The normalized spacial score (nSPS) is 12.4. The van der Waals surface area contributed by atoms with Crippen molar-refractivity contribution in [3.05, 3.63) is 84.4 Å². The average Bonchev–Trinajstić information content (AvgIpc) is 3.02. The van der Waals surface area contributed by atoms with Gasteiger partial charge in [-0.15, -0.1) is 0 Å². The van der Waals surface area contributed by atoms with Gasteiger partial charge >= 0.3 is 0 Å². The average molecular weight is 314 g/mol. The topological polar surface area (TPSA) is 33.4 Å². The van der Waals surface area contributed by atoms with E-state index in [1.165, 1.54) is 0 Å². The van der Waals surface area contributed by atoms with Crippen molar-refractivity contribution in [1.29, 1.82) is 0 Å². The summed E-state index contributed by atoms with van der Waals surface area (Å²) in [7, 11) is 0. The van der Waals surface area contributed by atoms with Gasteiger partial charge in [0.1, 0.15) is 11.3 Å². The van der Waals surface area contributed by atoms with Gasteiger partial charge < -0.3 is 9.52 Å². The van der Waals surface area contributed by atoms with Gasteiger partial charge in [-0.2, -0.15) is 0 Å². The first-order valence-electron chi connectivity index (χ1n) is 8.10. The third-order valence-corrected chi connectivity index (χ3v) is 4.29. The second-order valence-corrected chi connectivity index (χ2v) is 5.94. The van der Waals surface area contributed by atoms with Crippen LogP contribution in [0.15, 0.2) is 83.3 Å². The Morgan fingerprint density at radius 3 is 2.00 bits per heavy atom. The van der Waals surface area contributed by atoms with E-state index in [1.807, 2.05) is 60.7 Å². The molecule has 1 atom stereocenters. The number of furan rings is 1. The number of para-hydroxylation sites is 1. The molecule has 1 aromatic heterocycles. The lowest BCUT2D eigenvalue weighted by Crippen LogP contribution is -1.90. The van der Waals surface area contributed by atoms with Crippen molar-refractivity contribution in [2.24, 2.45) is 0 Å². The number of aliphatic hydroxyl groups is 1. The number of rotatable bonds is 3. The van der Waals surface area contributed by atoms with Gasteiger partial charge in [0, 0.05) is 22.1 Å². The summed E-state index contributed by atoms with van der Waals surface area (Å²) in [4.78, 5) is 0. The van der Waals surface area contributed by atoms with Crippen LogP contribution < -0.4 is 0 Å². The molecule has 0 aliphatic carbocycles. The highest BCUT2D eigenvalue weighted by Gasteiger charge is 2.20. The predicted molar refractivity (Wildman–Crippen MR) is 97.7 cm³/mol.